The molecule has 4 unspecified atom stereocenters. The molecule has 0 aliphatic rings. The molecule has 0 aromatic rings. The number of nitroso groups, excluding NO2 is 1. The average molecular weight is 334 g/mol. The van der Waals surface area contributed by atoms with Gasteiger partial charge in [-0.3, -0.25) is 9.59 Å². The molecule has 2 amide bonds. The van der Waals surface area contributed by atoms with Crippen LogP contribution < -0.4 is 16.4 Å². The Balaban J connectivity index is 4.97. The van der Waals surface area contributed by atoms with Crippen LogP contribution in [0.25, 0.3) is 0 Å². The molecular formula is C12H22N4O5S. The lowest BCUT2D eigenvalue weighted by molar-refractivity contribution is -0.142. The third-order valence-corrected chi connectivity index (χ3v) is 3.51. The van der Waals surface area contributed by atoms with E-state index in [1.807, 2.05) is 6.26 Å². The lowest BCUT2D eigenvalue weighted by Gasteiger charge is -2.23. The number of carboxylic acid groups (broad SMARTS) is 1. The summed E-state index contributed by atoms with van der Waals surface area (Å²) in [6, 6.07) is -4.31. The van der Waals surface area contributed by atoms with Gasteiger partial charge in [-0.05, 0) is 32.3 Å². The van der Waals surface area contributed by atoms with E-state index in [1.165, 1.54) is 25.6 Å². The Morgan fingerprint density at radius 1 is 1.23 bits per heavy atom. The third-order valence-electron chi connectivity index (χ3n) is 2.87. The first kappa shape index (κ1) is 20.3. The molecule has 0 aromatic carbocycles. The molecule has 0 aliphatic carbocycles. The van der Waals surface area contributed by atoms with E-state index in [0.717, 1.165) is 0 Å². The molecule has 0 aliphatic heterocycles. The van der Waals surface area contributed by atoms with Gasteiger partial charge in [0, 0.05) is 0 Å². The molecule has 4 atom stereocenters. The Hall–Kier alpha value is -1.68. The van der Waals surface area contributed by atoms with Crippen molar-refractivity contribution in [2.24, 2.45) is 10.9 Å². The van der Waals surface area contributed by atoms with Crippen LogP contribution in [-0.4, -0.2) is 59.1 Å². The highest BCUT2D eigenvalue weighted by molar-refractivity contribution is 7.98. The highest BCUT2D eigenvalue weighted by Gasteiger charge is 2.31. The van der Waals surface area contributed by atoms with Gasteiger partial charge in [0.05, 0.1) is 6.04 Å². The monoisotopic (exact) mass is 334 g/mol. The van der Waals surface area contributed by atoms with Gasteiger partial charge < -0.3 is 21.5 Å². The van der Waals surface area contributed by atoms with Crippen LogP contribution >= 0.6 is 11.8 Å². The standard InChI is InChI=1S/C12H22N4O5S/c1-6(13)10(17)15-9(7(2)16-21)11(18)14-8(12(19)20)4-5-22-3/h6-9H,4-5,13H2,1-3H3,(H,14,18)(H,15,17)(H,19,20). The first-order chi connectivity index (χ1) is 10.2. The molecule has 10 heteroatoms. The van der Waals surface area contributed by atoms with Crippen molar-refractivity contribution in [2.45, 2.75) is 44.4 Å². The summed E-state index contributed by atoms with van der Waals surface area (Å²) < 4.78 is 0. The SMILES string of the molecule is CSCCC(NC(=O)C(NC(=O)C(C)N)C(C)N=O)C(=O)O. The fraction of sp³-hybridized carbons (Fsp3) is 0.750. The van der Waals surface area contributed by atoms with Crippen LogP contribution in [0.3, 0.4) is 0 Å². The van der Waals surface area contributed by atoms with E-state index in [-0.39, 0.29) is 6.42 Å². The third kappa shape index (κ3) is 6.85. The second-order valence-electron chi connectivity index (χ2n) is 4.80. The van der Waals surface area contributed by atoms with Gasteiger partial charge in [-0.1, -0.05) is 5.18 Å². The predicted molar refractivity (Wildman–Crippen MR) is 83.4 cm³/mol. The van der Waals surface area contributed by atoms with Crippen molar-refractivity contribution in [3.05, 3.63) is 4.91 Å². The van der Waals surface area contributed by atoms with E-state index in [4.69, 9.17) is 10.8 Å². The van der Waals surface area contributed by atoms with Crippen LogP contribution in [0, 0.1) is 4.91 Å². The zero-order valence-corrected chi connectivity index (χ0v) is 13.6. The summed E-state index contributed by atoms with van der Waals surface area (Å²) in [4.78, 5) is 45.5. The summed E-state index contributed by atoms with van der Waals surface area (Å²) in [6.07, 6.45) is 2.03. The van der Waals surface area contributed by atoms with Gasteiger partial charge in [-0.25, -0.2) is 4.79 Å². The van der Waals surface area contributed by atoms with Crippen LogP contribution in [-0.2, 0) is 14.4 Å². The van der Waals surface area contributed by atoms with Gasteiger partial charge in [0.2, 0.25) is 11.8 Å². The fourth-order valence-corrected chi connectivity index (χ4v) is 1.98. The number of hydrogen-bond acceptors (Lipinski definition) is 7. The van der Waals surface area contributed by atoms with Crippen molar-refractivity contribution >= 4 is 29.5 Å². The van der Waals surface area contributed by atoms with Crippen molar-refractivity contribution in [2.75, 3.05) is 12.0 Å². The maximum Gasteiger partial charge on any atom is 0.326 e. The quantitative estimate of drug-likeness (QED) is 0.385. The number of carbonyl (C=O) groups excluding carboxylic acids is 2. The van der Waals surface area contributed by atoms with Crippen LogP contribution in [0.5, 0.6) is 0 Å². The van der Waals surface area contributed by atoms with E-state index < -0.39 is 42.0 Å². The Bertz CT molecular complexity index is 418. The summed E-state index contributed by atoms with van der Waals surface area (Å²) in [6.45, 7) is 2.76. The van der Waals surface area contributed by atoms with Crippen LogP contribution in [0.1, 0.15) is 20.3 Å². The zero-order valence-electron chi connectivity index (χ0n) is 12.7. The predicted octanol–water partition coefficient (Wildman–Crippen LogP) is -0.704. The topological polar surface area (TPSA) is 151 Å². The van der Waals surface area contributed by atoms with Crippen LogP contribution in [0.2, 0.25) is 0 Å². The van der Waals surface area contributed by atoms with E-state index >= 15 is 0 Å². The maximum absolute atomic E-state index is 12.1. The van der Waals surface area contributed by atoms with Gasteiger partial charge in [0.15, 0.2) is 0 Å². The highest BCUT2D eigenvalue weighted by Crippen LogP contribution is 2.04. The molecule has 0 saturated heterocycles. The summed E-state index contributed by atoms with van der Waals surface area (Å²) in [5.74, 6) is -2.07. The smallest absolute Gasteiger partial charge is 0.326 e. The van der Waals surface area contributed by atoms with Crippen LogP contribution in [0.15, 0.2) is 5.18 Å². The largest absolute Gasteiger partial charge is 0.480 e. The molecule has 22 heavy (non-hydrogen) atoms. The van der Waals surface area contributed by atoms with E-state index in [1.54, 1.807) is 0 Å². The molecule has 9 nitrogen and oxygen atoms in total. The second-order valence-corrected chi connectivity index (χ2v) is 5.79. The second kappa shape index (κ2) is 10.1. The first-order valence-electron chi connectivity index (χ1n) is 6.65. The molecule has 5 N–H and O–H groups in total. The summed E-state index contributed by atoms with van der Waals surface area (Å²) in [5.41, 5.74) is 5.39. The number of nitrogens with two attached hydrogens (primary N) is 1. The minimum absolute atomic E-state index is 0.221. The number of carbonyl (C=O) groups is 3. The van der Waals surface area contributed by atoms with E-state index in [0.29, 0.717) is 5.75 Å². The van der Waals surface area contributed by atoms with Crippen LogP contribution in [0.4, 0.5) is 0 Å². The van der Waals surface area contributed by atoms with Gasteiger partial charge in [-0.15, -0.1) is 0 Å². The Morgan fingerprint density at radius 3 is 2.23 bits per heavy atom. The first-order valence-corrected chi connectivity index (χ1v) is 8.04. The Morgan fingerprint density at radius 2 is 1.82 bits per heavy atom. The molecule has 0 radical (unpaired) electrons. The molecule has 0 spiro atoms. The molecule has 0 heterocycles. The summed E-state index contributed by atoms with van der Waals surface area (Å²) in [7, 11) is 0. The van der Waals surface area contributed by atoms with E-state index in [2.05, 4.69) is 15.8 Å². The number of nitrogens with one attached hydrogen (secondary N) is 2. The lowest BCUT2D eigenvalue weighted by atomic mass is 10.1. The van der Waals surface area contributed by atoms with Crippen molar-refractivity contribution in [3.8, 4) is 0 Å². The minimum atomic E-state index is -1.27. The molecule has 126 valence electrons. The number of rotatable bonds is 10. The average Bonchev–Trinajstić information content (AvgIpc) is 2.47. The number of nitrogens with zero attached hydrogens (tertiary/aromatic N) is 1. The fourth-order valence-electron chi connectivity index (χ4n) is 1.51. The van der Waals surface area contributed by atoms with Crippen molar-refractivity contribution in [1.29, 1.82) is 0 Å². The van der Waals surface area contributed by atoms with Gasteiger partial charge in [-0.2, -0.15) is 16.7 Å². The number of carboxylic acids is 1. The Labute approximate surface area is 132 Å². The maximum atomic E-state index is 12.1. The molecular weight excluding hydrogens is 312 g/mol. The van der Waals surface area contributed by atoms with Gasteiger partial charge >= 0.3 is 5.97 Å². The van der Waals surface area contributed by atoms with Gasteiger partial charge in [0.25, 0.3) is 0 Å². The number of amides is 2. The molecule has 0 rings (SSSR count). The highest BCUT2D eigenvalue weighted by atomic mass is 32.2. The zero-order chi connectivity index (χ0) is 17.3. The van der Waals surface area contributed by atoms with Crippen molar-refractivity contribution < 1.29 is 19.5 Å². The number of hydrogen-bond donors (Lipinski definition) is 4. The van der Waals surface area contributed by atoms with E-state index in [9.17, 15) is 19.3 Å². The molecule has 0 aromatic heterocycles. The molecule has 0 bridgehead atoms. The minimum Gasteiger partial charge on any atom is -0.480 e. The van der Waals surface area contributed by atoms with Crippen molar-refractivity contribution in [3.63, 3.8) is 0 Å². The Kier molecular flexibility index (Phi) is 9.34. The normalized spacial score (nSPS) is 16.0. The number of aliphatic carboxylic acids is 1. The number of thioether (sulfide) groups is 1. The molecule has 0 fully saturated rings. The molecule has 0 saturated carbocycles. The van der Waals surface area contributed by atoms with Gasteiger partial charge in [0.1, 0.15) is 18.1 Å². The summed E-state index contributed by atoms with van der Waals surface area (Å²) in [5, 5.41) is 16.4. The van der Waals surface area contributed by atoms with Crippen molar-refractivity contribution in [1.82, 2.24) is 10.6 Å². The lowest BCUT2D eigenvalue weighted by Crippen LogP contribution is -2.57. The summed E-state index contributed by atoms with van der Waals surface area (Å²) >= 11 is 1.44.